The van der Waals surface area contributed by atoms with Crippen LogP contribution in [0.25, 0.3) is 0 Å². The SMILES string of the molecule is COc1ccc(C(=O)NC(C(=O)NCC(=O)O)C(C)C)cc1. The Hall–Kier alpha value is -2.57. The van der Waals surface area contributed by atoms with E-state index in [9.17, 15) is 14.4 Å². The van der Waals surface area contributed by atoms with Gasteiger partial charge in [0.2, 0.25) is 5.91 Å². The summed E-state index contributed by atoms with van der Waals surface area (Å²) in [6.45, 7) is 3.04. The molecule has 0 radical (unpaired) electrons. The highest BCUT2D eigenvalue weighted by Crippen LogP contribution is 2.12. The van der Waals surface area contributed by atoms with Crippen molar-refractivity contribution in [2.75, 3.05) is 13.7 Å². The van der Waals surface area contributed by atoms with Crippen molar-refractivity contribution in [3.63, 3.8) is 0 Å². The average molecular weight is 308 g/mol. The van der Waals surface area contributed by atoms with E-state index in [0.29, 0.717) is 11.3 Å². The molecule has 0 spiro atoms. The average Bonchev–Trinajstić information content (AvgIpc) is 2.49. The third-order valence-corrected chi connectivity index (χ3v) is 3.00. The second kappa shape index (κ2) is 8.02. The molecule has 1 rings (SSSR count). The lowest BCUT2D eigenvalue weighted by Gasteiger charge is -2.21. The van der Waals surface area contributed by atoms with Gasteiger partial charge in [-0.25, -0.2) is 0 Å². The molecule has 0 aliphatic carbocycles. The lowest BCUT2D eigenvalue weighted by Crippen LogP contribution is -2.50. The number of nitrogens with one attached hydrogen (secondary N) is 2. The maximum absolute atomic E-state index is 12.2. The van der Waals surface area contributed by atoms with Gasteiger partial charge in [-0.3, -0.25) is 14.4 Å². The van der Waals surface area contributed by atoms with Gasteiger partial charge in [0.25, 0.3) is 5.91 Å². The number of hydrogen-bond acceptors (Lipinski definition) is 4. The molecule has 120 valence electrons. The van der Waals surface area contributed by atoms with Crippen LogP contribution in [0.4, 0.5) is 0 Å². The van der Waals surface area contributed by atoms with Crippen LogP contribution in [0, 0.1) is 5.92 Å². The zero-order valence-electron chi connectivity index (χ0n) is 12.8. The van der Waals surface area contributed by atoms with Crippen molar-refractivity contribution in [1.29, 1.82) is 0 Å². The molecule has 7 heteroatoms. The summed E-state index contributed by atoms with van der Waals surface area (Å²) < 4.78 is 5.01. The number of methoxy groups -OCH3 is 1. The number of carbonyl (C=O) groups excluding carboxylic acids is 2. The Kier molecular flexibility index (Phi) is 6.37. The zero-order valence-corrected chi connectivity index (χ0v) is 12.8. The molecule has 1 atom stereocenters. The smallest absolute Gasteiger partial charge is 0.322 e. The van der Waals surface area contributed by atoms with E-state index in [1.54, 1.807) is 38.1 Å². The van der Waals surface area contributed by atoms with Crippen molar-refractivity contribution in [1.82, 2.24) is 10.6 Å². The molecule has 3 N–H and O–H groups in total. The Labute approximate surface area is 128 Å². The fourth-order valence-corrected chi connectivity index (χ4v) is 1.77. The van der Waals surface area contributed by atoms with Crippen LogP contribution in [0.3, 0.4) is 0 Å². The molecular weight excluding hydrogens is 288 g/mol. The normalized spacial score (nSPS) is 11.6. The second-order valence-electron chi connectivity index (χ2n) is 5.04. The molecule has 2 amide bonds. The number of rotatable bonds is 7. The summed E-state index contributed by atoms with van der Waals surface area (Å²) in [6.07, 6.45) is 0. The molecule has 0 aliphatic heterocycles. The maximum Gasteiger partial charge on any atom is 0.322 e. The number of hydrogen-bond donors (Lipinski definition) is 3. The van der Waals surface area contributed by atoms with Crippen molar-refractivity contribution >= 4 is 17.8 Å². The topological polar surface area (TPSA) is 105 Å². The summed E-state index contributed by atoms with van der Waals surface area (Å²) in [6, 6.07) is 5.64. The molecule has 0 aromatic heterocycles. The van der Waals surface area contributed by atoms with Gasteiger partial charge in [0.15, 0.2) is 0 Å². The number of amides is 2. The van der Waals surface area contributed by atoms with Crippen molar-refractivity contribution < 1.29 is 24.2 Å². The van der Waals surface area contributed by atoms with Crippen LogP contribution in [0.2, 0.25) is 0 Å². The first-order chi connectivity index (χ1) is 10.3. The minimum absolute atomic E-state index is 0.184. The molecule has 0 bridgehead atoms. The first-order valence-electron chi connectivity index (χ1n) is 6.79. The first-order valence-corrected chi connectivity index (χ1v) is 6.79. The van der Waals surface area contributed by atoms with E-state index in [1.165, 1.54) is 7.11 Å². The molecule has 0 aliphatic rings. The first kappa shape index (κ1) is 17.5. The summed E-state index contributed by atoms with van der Waals surface area (Å²) in [4.78, 5) is 34.6. The van der Waals surface area contributed by atoms with Gasteiger partial charge in [-0.05, 0) is 30.2 Å². The van der Waals surface area contributed by atoms with Gasteiger partial charge in [-0.15, -0.1) is 0 Å². The Balaban J connectivity index is 2.74. The third-order valence-electron chi connectivity index (χ3n) is 3.00. The molecule has 7 nitrogen and oxygen atoms in total. The van der Waals surface area contributed by atoms with Crippen molar-refractivity contribution in [2.45, 2.75) is 19.9 Å². The van der Waals surface area contributed by atoms with E-state index >= 15 is 0 Å². The molecule has 1 unspecified atom stereocenters. The third kappa shape index (κ3) is 5.08. The Morgan fingerprint density at radius 2 is 1.77 bits per heavy atom. The molecule has 0 heterocycles. The van der Waals surface area contributed by atoms with Crippen LogP contribution >= 0.6 is 0 Å². The van der Waals surface area contributed by atoms with Crippen molar-refractivity contribution in [2.24, 2.45) is 5.92 Å². The lowest BCUT2D eigenvalue weighted by molar-refractivity contribution is -0.138. The van der Waals surface area contributed by atoms with E-state index in [1.807, 2.05) is 0 Å². The van der Waals surface area contributed by atoms with Crippen LogP contribution < -0.4 is 15.4 Å². The maximum atomic E-state index is 12.2. The minimum Gasteiger partial charge on any atom is -0.497 e. The van der Waals surface area contributed by atoms with Crippen LogP contribution in [0.15, 0.2) is 24.3 Å². The van der Waals surface area contributed by atoms with E-state index in [2.05, 4.69) is 10.6 Å². The van der Waals surface area contributed by atoms with Gasteiger partial charge in [0.05, 0.1) is 7.11 Å². The lowest BCUT2D eigenvalue weighted by atomic mass is 10.0. The monoisotopic (exact) mass is 308 g/mol. The van der Waals surface area contributed by atoms with E-state index in [-0.39, 0.29) is 5.92 Å². The molecule has 0 saturated carbocycles. The summed E-state index contributed by atoms with van der Waals surface area (Å²) >= 11 is 0. The fraction of sp³-hybridized carbons (Fsp3) is 0.400. The number of benzene rings is 1. The Bertz CT molecular complexity index is 539. The molecule has 1 aromatic carbocycles. The highest BCUT2D eigenvalue weighted by Gasteiger charge is 2.24. The number of aliphatic carboxylic acids is 1. The van der Waals surface area contributed by atoms with Crippen LogP contribution in [-0.2, 0) is 9.59 Å². The molecule has 0 fully saturated rings. The summed E-state index contributed by atoms with van der Waals surface area (Å²) in [5.41, 5.74) is 0.387. The Morgan fingerprint density at radius 3 is 2.23 bits per heavy atom. The van der Waals surface area contributed by atoms with Crippen LogP contribution in [-0.4, -0.2) is 42.6 Å². The summed E-state index contributed by atoms with van der Waals surface area (Å²) in [7, 11) is 1.52. The number of ether oxygens (including phenoxy) is 1. The highest BCUT2D eigenvalue weighted by atomic mass is 16.5. The fourth-order valence-electron chi connectivity index (χ4n) is 1.77. The molecule has 0 saturated heterocycles. The van der Waals surface area contributed by atoms with Crippen molar-refractivity contribution in [3.05, 3.63) is 29.8 Å². The van der Waals surface area contributed by atoms with E-state index in [4.69, 9.17) is 9.84 Å². The van der Waals surface area contributed by atoms with Crippen molar-refractivity contribution in [3.8, 4) is 5.75 Å². The molecule has 1 aromatic rings. The molecule has 22 heavy (non-hydrogen) atoms. The number of carboxylic acid groups (broad SMARTS) is 1. The second-order valence-corrected chi connectivity index (χ2v) is 5.04. The highest BCUT2D eigenvalue weighted by molar-refractivity contribution is 5.98. The van der Waals surface area contributed by atoms with E-state index < -0.39 is 30.4 Å². The Morgan fingerprint density at radius 1 is 1.18 bits per heavy atom. The van der Waals surface area contributed by atoms with Gasteiger partial charge in [-0.2, -0.15) is 0 Å². The van der Waals surface area contributed by atoms with E-state index in [0.717, 1.165) is 0 Å². The molecular formula is C15H20N2O5. The summed E-state index contributed by atoms with van der Waals surface area (Å²) in [5.74, 6) is -1.64. The van der Waals surface area contributed by atoms with Gasteiger partial charge < -0.3 is 20.5 Å². The quantitative estimate of drug-likeness (QED) is 0.686. The van der Waals surface area contributed by atoms with Crippen LogP contribution in [0.5, 0.6) is 5.75 Å². The van der Waals surface area contributed by atoms with Gasteiger partial charge in [-0.1, -0.05) is 13.8 Å². The minimum atomic E-state index is -1.14. The predicted molar refractivity (Wildman–Crippen MR) is 79.7 cm³/mol. The van der Waals surface area contributed by atoms with Gasteiger partial charge >= 0.3 is 5.97 Å². The van der Waals surface area contributed by atoms with Gasteiger partial charge in [0.1, 0.15) is 18.3 Å². The zero-order chi connectivity index (χ0) is 16.7. The largest absolute Gasteiger partial charge is 0.497 e. The number of carbonyl (C=O) groups is 3. The standard InChI is InChI=1S/C15H20N2O5/c1-9(2)13(15(21)16-8-12(18)19)17-14(20)10-4-6-11(22-3)7-5-10/h4-7,9,13H,8H2,1-3H3,(H,16,21)(H,17,20)(H,18,19). The summed E-state index contributed by atoms with van der Waals surface area (Å²) in [5, 5.41) is 13.5. The van der Waals surface area contributed by atoms with Gasteiger partial charge in [0, 0.05) is 5.56 Å². The van der Waals surface area contributed by atoms with Crippen LogP contribution in [0.1, 0.15) is 24.2 Å². The predicted octanol–water partition coefficient (Wildman–Crippen LogP) is 0.650. The number of carboxylic acids is 1.